The van der Waals surface area contributed by atoms with E-state index in [1.54, 1.807) is 13.8 Å². The third kappa shape index (κ3) is 7.66. The van der Waals surface area contributed by atoms with E-state index in [9.17, 15) is 14.4 Å². The van der Waals surface area contributed by atoms with Gasteiger partial charge in [0.1, 0.15) is 5.02 Å². The van der Waals surface area contributed by atoms with Gasteiger partial charge in [0.05, 0.1) is 18.6 Å². The number of amides is 2. The average molecular weight is 579 g/mol. The Bertz CT molecular complexity index is 1190. The molecule has 0 aliphatic heterocycles. The van der Waals surface area contributed by atoms with Gasteiger partial charge in [-0.15, -0.1) is 11.3 Å². The summed E-state index contributed by atoms with van der Waals surface area (Å²) in [4.78, 5) is 39.0. The van der Waals surface area contributed by atoms with Crippen molar-refractivity contribution in [2.75, 3.05) is 32.2 Å². The minimum absolute atomic E-state index is 0.0471. The first kappa shape index (κ1) is 30.8. The number of nitrogens with zero attached hydrogens (tertiary/aromatic N) is 1. The molecule has 1 fully saturated rings. The zero-order valence-electron chi connectivity index (χ0n) is 23.8. The summed E-state index contributed by atoms with van der Waals surface area (Å²) in [5.41, 5.74) is 2.25. The molecule has 0 bridgehead atoms. The molecule has 0 radical (unpaired) electrons. The van der Waals surface area contributed by atoms with E-state index in [-0.39, 0.29) is 39.6 Å². The van der Waals surface area contributed by atoms with Crippen LogP contribution in [0.5, 0.6) is 5.75 Å². The molecule has 0 unspecified atom stereocenters. The topological polar surface area (TPSA) is 94.2 Å². The van der Waals surface area contributed by atoms with Crippen molar-refractivity contribution in [1.82, 2.24) is 4.90 Å². The Morgan fingerprint density at radius 2 is 1.79 bits per heavy atom. The maximum absolute atomic E-state index is 12.7. The van der Waals surface area contributed by atoms with Crippen LogP contribution in [0.4, 0.5) is 10.5 Å². The summed E-state index contributed by atoms with van der Waals surface area (Å²) in [7, 11) is 1.27. The number of esters is 1. The number of hydrogen-bond donors (Lipinski definition) is 1. The molecule has 2 aromatic rings. The summed E-state index contributed by atoms with van der Waals surface area (Å²) >= 11 is 7.86. The van der Waals surface area contributed by atoms with Crippen LogP contribution in [0.2, 0.25) is 5.02 Å². The zero-order chi connectivity index (χ0) is 29.0. The van der Waals surface area contributed by atoms with Crippen LogP contribution in [0.3, 0.4) is 0 Å². The van der Waals surface area contributed by atoms with Crippen molar-refractivity contribution in [2.24, 2.45) is 10.8 Å². The minimum Gasteiger partial charge on any atom is -0.480 e. The van der Waals surface area contributed by atoms with Crippen molar-refractivity contribution < 1.29 is 28.6 Å². The van der Waals surface area contributed by atoms with Gasteiger partial charge in [0.2, 0.25) is 0 Å². The van der Waals surface area contributed by atoms with Crippen LogP contribution in [0.1, 0.15) is 70.5 Å². The summed E-state index contributed by atoms with van der Waals surface area (Å²) in [6.07, 6.45) is 2.56. The number of anilines is 1. The average Bonchev–Trinajstić information content (AvgIpc) is 3.17. The van der Waals surface area contributed by atoms with Crippen LogP contribution in [-0.4, -0.2) is 55.8 Å². The van der Waals surface area contributed by atoms with Gasteiger partial charge in [-0.25, -0.2) is 14.5 Å². The normalized spacial score (nSPS) is 16.3. The fourth-order valence-corrected chi connectivity index (χ4v) is 7.17. The highest BCUT2D eigenvalue weighted by Crippen LogP contribution is 2.48. The quantitative estimate of drug-likeness (QED) is 0.313. The molecule has 39 heavy (non-hydrogen) atoms. The molecule has 8 nitrogen and oxygen atoms in total. The zero-order valence-corrected chi connectivity index (χ0v) is 25.4. The van der Waals surface area contributed by atoms with Crippen LogP contribution in [0.15, 0.2) is 24.3 Å². The van der Waals surface area contributed by atoms with Gasteiger partial charge in [-0.05, 0) is 61.6 Å². The van der Waals surface area contributed by atoms with E-state index < -0.39 is 24.6 Å². The van der Waals surface area contributed by atoms with E-state index >= 15 is 0 Å². The number of methoxy groups -OCH3 is 1. The summed E-state index contributed by atoms with van der Waals surface area (Å²) in [5.74, 6) is -1.19. The van der Waals surface area contributed by atoms with Crippen LogP contribution >= 0.6 is 22.9 Å². The van der Waals surface area contributed by atoms with Crippen molar-refractivity contribution in [3.05, 3.63) is 34.2 Å². The van der Waals surface area contributed by atoms with Gasteiger partial charge in [-0.1, -0.05) is 51.4 Å². The molecule has 2 amide bonds. The summed E-state index contributed by atoms with van der Waals surface area (Å²) in [5, 5.41) is 3.90. The summed E-state index contributed by atoms with van der Waals surface area (Å²) in [6, 6.07) is 8.20. The third-order valence-electron chi connectivity index (χ3n) is 6.68. The first-order valence-electron chi connectivity index (χ1n) is 13.2. The first-order valence-corrected chi connectivity index (χ1v) is 14.4. The first-order chi connectivity index (χ1) is 18.3. The fraction of sp³-hybridized carbons (Fsp3) is 0.552. The lowest BCUT2D eigenvalue weighted by Crippen LogP contribution is -2.40. The highest BCUT2D eigenvalue weighted by atomic mass is 35.5. The van der Waals surface area contributed by atoms with Crippen molar-refractivity contribution in [3.8, 4) is 16.2 Å². The summed E-state index contributed by atoms with van der Waals surface area (Å²) < 4.78 is 15.6. The van der Waals surface area contributed by atoms with Crippen molar-refractivity contribution >= 4 is 46.6 Å². The molecule has 1 aliphatic rings. The van der Waals surface area contributed by atoms with Crippen molar-refractivity contribution in [1.29, 1.82) is 0 Å². The van der Waals surface area contributed by atoms with E-state index in [1.165, 1.54) is 13.5 Å². The standard InChI is InChI=1S/C29H39ClN2O6S/c1-8-32(27(35)37-9-2)21(33)16-38-23-22(30)24(39-25(23)26(34)36-7)18-11-10-12-19(13-18)31-20-14-28(3,4)17-29(5,6)15-20/h10-13,20,31H,8-9,14-17H2,1-7H3. The Kier molecular flexibility index (Phi) is 9.93. The number of nitrogens with one attached hydrogen (secondary N) is 1. The smallest absolute Gasteiger partial charge is 0.416 e. The molecule has 0 atom stereocenters. The van der Waals surface area contributed by atoms with Gasteiger partial charge in [0.25, 0.3) is 5.91 Å². The Labute approximate surface area is 239 Å². The van der Waals surface area contributed by atoms with Crippen molar-refractivity contribution in [3.63, 3.8) is 0 Å². The molecule has 1 aromatic heterocycles. The molecule has 10 heteroatoms. The monoisotopic (exact) mass is 578 g/mol. The maximum atomic E-state index is 12.7. The molecule has 0 saturated heterocycles. The van der Waals surface area contributed by atoms with E-state index in [4.69, 9.17) is 25.8 Å². The number of imide groups is 1. The lowest BCUT2D eigenvalue weighted by molar-refractivity contribution is -0.131. The molecule has 1 N–H and O–H groups in total. The SMILES string of the molecule is CCOC(=O)N(CC)C(=O)COc1c(C(=O)OC)sc(-c2cccc(NC3CC(C)(C)CC(C)(C)C3)c2)c1Cl. The third-order valence-corrected chi connectivity index (χ3v) is 8.35. The van der Waals surface area contributed by atoms with E-state index in [2.05, 4.69) is 33.0 Å². The van der Waals surface area contributed by atoms with Gasteiger partial charge in [0, 0.05) is 18.3 Å². The Hall–Kier alpha value is -2.78. The highest BCUT2D eigenvalue weighted by molar-refractivity contribution is 7.18. The molecule has 1 heterocycles. The van der Waals surface area contributed by atoms with E-state index in [1.807, 2.05) is 24.3 Å². The second-order valence-corrected chi connectivity index (χ2v) is 12.8. The van der Waals surface area contributed by atoms with E-state index in [0.717, 1.165) is 40.3 Å². The van der Waals surface area contributed by atoms with Crippen LogP contribution in [0, 0.1) is 10.8 Å². The molecule has 214 valence electrons. The van der Waals surface area contributed by atoms with Gasteiger partial charge >= 0.3 is 12.1 Å². The highest BCUT2D eigenvalue weighted by Gasteiger charge is 2.38. The van der Waals surface area contributed by atoms with E-state index in [0.29, 0.717) is 10.9 Å². The van der Waals surface area contributed by atoms with Crippen LogP contribution in [0.25, 0.3) is 10.4 Å². The Balaban J connectivity index is 1.86. The predicted molar refractivity (Wildman–Crippen MR) is 155 cm³/mol. The molecule has 1 aromatic carbocycles. The van der Waals surface area contributed by atoms with Crippen LogP contribution < -0.4 is 10.1 Å². The Morgan fingerprint density at radius 3 is 2.38 bits per heavy atom. The predicted octanol–water partition coefficient (Wildman–Crippen LogP) is 7.26. The maximum Gasteiger partial charge on any atom is 0.416 e. The second kappa shape index (κ2) is 12.6. The number of benzene rings is 1. The number of hydrogen-bond acceptors (Lipinski definition) is 8. The molecule has 0 spiro atoms. The number of carbonyl (C=O) groups is 3. The number of likely N-dealkylation sites (N-methyl/N-ethyl adjacent to an activating group) is 1. The molecule has 1 aliphatic carbocycles. The van der Waals surface area contributed by atoms with Gasteiger partial charge < -0.3 is 19.5 Å². The molecule has 1 saturated carbocycles. The Morgan fingerprint density at radius 1 is 1.13 bits per heavy atom. The van der Waals surface area contributed by atoms with Gasteiger partial charge in [-0.3, -0.25) is 4.79 Å². The number of thiophene rings is 1. The van der Waals surface area contributed by atoms with Gasteiger partial charge in [-0.2, -0.15) is 0 Å². The number of halogens is 1. The lowest BCUT2D eigenvalue weighted by Gasteiger charge is -2.45. The number of ether oxygens (including phenoxy) is 3. The molecule has 3 rings (SSSR count). The second-order valence-electron chi connectivity index (χ2n) is 11.4. The van der Waals surface area contributed by atoms with Gasteiger partial charge in [0.15, 0.2) is 17.2 Å². The summed E-state index contributed by atoms with van der Waals surface area (Å²) in [6.45, 7) is 12.3. The minimum atomic E-state index is -0.757. The van der Waals surface area contributed by atoms with Crippen molar-refractivity contribution in [2.45, 2.75) is 66.8 Å². The molecular weight excluding hydrogens is 540 g/mol. The number of carbonyl (C=O) groups excluding carboxylic acids is 3. The lowest BCUT2D eigenvalue weighted by atomic mass is 9.63. The largest absolute Gasteiger partial charge is 0.480 e. The number of rotatable bonds is 9. The molecular formula is C29H39ClN2O6S. The van der Waals surface area contributed by atoms with Crippen LogP contribution in [-0.2, 0) is 14.3 Å². The fourth-order valence-electron chi connectivity index (χ4n) is 5.69.